The van der Waals surface area contributed by atoms with Gasteiger partial charge in [0.1, 0.15) is 23.3 Å². The Kier molecular flexibility index (Phi) is 5.94. The van der Waals surface area contributed by atoms with Gasteiger partial charge in [-0.15, -0.1) is 0 Å². The molecule has 13 heteroatoms. The van der Waals surface area contributed by atoms with Gasteiger partial charge in [-0.25, -0.2) is 22.6 Å². The number of hydrogen-bond donors (Lipinski definition) is 2. The monoisotopic (exact) mass is 461 g/mol. The summed E-state index contributed by atoms with van der Waals surface area (Å²) in [7, 11) is -4.44. The van der Waals surface area contributed by atoms with Crippen LogP contribution in [0.2, 0.25) is 0 Å². The van der Waals surface area contributed by atoms with E-state index in [-0.39, 0.29) is 11.4 Å². The quantitative estimate of drug-likeness (QED) is 0.521. The van der Waals surface area contributed by atoms with Crippen molar-refractivity contribution < 1.29 is 40.9 Å². The standard InChI is InChI=1S/C18H15F4N3O5S/c1-23-14-4-3-12(6-13(14)19)30-15-8-25(9-17(15,27)10-26)31(28,29)16-5-2-11(7-24-16)18(20,21)22/h2-7,15,26-27H,8-10H2/t15-,17+/m0/s1. The number of ether oxygens (including phenoxy) is 1. The van der Waals surface area contributed by atoms with Gasteiger partial charge in [-0.05, 0) is 24.3 Å². The summed E-state index contributed by atoms with van der Waals surface area (Å²) in [5.41, 5.74) is -3.48. The number of benzene rings is 1. The van der Waals surface area contributed by atoms with E-state index in [1.54, 1.807) is 0 Å². The van der Waals surface area contributed by atoms with E-state index in [0.717, 1.165) is 12.1 Å². The van der Waals surface area contributed by atoms with E-state index in [1.807, 2.05) is 0 Å². The maximum Gasteiger partial charge on any atom is 0.417 e. The topological polar surface area (TPSA) is 104 Å². The summed E-state index contributed by atoms with van der Waals surface area (Å²) in [6, 6.07) is 4.49. The zero-order valence-corrected chi connectivity index (χ0v) is 16.4. The highest BCUT2D eigenvalue weighted by Crippen LogP contribution is 2.33. The lowest BCUT2D eigenvalue weighted by atomic mass is 10.0. The maximum absolute atomic E-state index is 13.8. The predicted octanol–water partition coefficient (Wildman–Crippen LogP) is 1.97. The first-order chi connectivity index (χ1) is 14.4. The summed E-state index contributed by atoms with van der Waals surface area (Å²) in [6.07, 6.45) is -5.66. The number of pyridine rings is 1. The lowest BCUT2D eigenvalue weighted by Crippen LogP contribution is -2.48. The van der Waals surface area contributed by atoms with E-state index < -0.39 is 64.0 Å². The van der Waals surface area contributed by atoms with Crippen molar-refractivity contribution >= 4 is 15.7 Å². The third-order valence-electron chi connectivity index (χ3n) is 4.68. The Morgan fingerprint density at radius 2 is 2.03 bits per heavy atom. The molecule has 1 aromatic heterocycles. The first-order valence-corrected chi connectivity index (χ1v) is 10.0. The maximum atomic E-state index is 13.8. The molecule has 1 aliphatic rings. The van der Waals surface area contributed by atoms with E-state index in [9.17, 15) is 36.2 Å². The van der Waals surface area contributed by atoms with Crippen molar-refractivity contribution in [2.45, 2.75) is 22.9 Å². The van der Waals surface area contributed by atoms with Gasteiger partial charge in [0.05, 0.1) is 25.3 Å². The van der Waals surface area contributed by atoms with Crippen LogP contribution in [-0.2, 0) is 16.2 Å². The van der Waals surface area contributed by atoms with Crippen LogP contribution in [0.1, 0.15) is 5.56 Å². The molecule has 8 nitrogen and oxygen atoms in total. The molecule has 1 saturated heterocycles. The molecule has 166 valence electrons. The molecule has 2 aromatic rings. The van der Waals surface area contributed by atoms with Gasteiger partial charge < -0.3 is 14.9 Å². The van der Waals surface area contributed by atoms with E-state index in [2.05, 4.69) is 9.83 Å². The Labute approximate surface area is 174 Å². The Hall–Kier alpha value is -2.79. The van der Waals surface area contributed by atoms with E-state index in [1.165, 1.54) is 6.07 Å². The highest BCUT2D eigenvalue weighted by atomic mass is 32.2. The average Bonchev–Trinajstić information content (AvgIpc) is 3.05. The Bertz CT molecular complexity index is 1120. The van der Waals surface area contributed by atoms with Gasteiger partial charge in [0.15, 0.2) is 5.03 Å². The number of aromatic nitrogens is 1. The minimum absolute atomic E-state index is 0.117. The predicted molar refractivity (Wildman–Crippen MR) is 97.1 cm³/mol. The second kappa shape index (κ2) is 8.04. The number of hydrogen-bond acceptors (Lipinski definition) is 6. The molecule has 2 heterocycles. The van der Waals surface area contributed by atoms with Crippen LogP contribution in [0, 0.1) is 12.4 Å². The van der Waals surface area contributed by atoms with Gasteiger partial charge in [0.2, 0.25) is 5.69 Å². The van der Waals surface area contributed by atoms with E-state index in [4.69, 9.17) is 11.3 Å². The third kappa shape index (κ3) is 4.47. The first kappa shape index (κ1) is 22.9. The summed E-state index contributed by atoms with van der Waals surface area (Å²) < 4.78 is 83.5. The van der Waals surface area contributed by atoms with Crippen LogP contribution in [0.5, 0.6) is 5.75 Å². The van der Waals surface area contributed by atoms with Crippen LogP contribution in [-0.4, -0.2) is 59.3 Å². The fraction of sp³-hybridized carbons (Fsp3) is 0.333. The first-order valence-electron chi connectivity index (χ1n) is 8.61. The Balaban J connectivity index is 1.85. The van der Waals surface area contributed by atoms with Crippen molar-refractivity contribution in [1.29, 1.82) is 0 Å². The van der Waals surface area contributed by atoms with Crippen LogP contribution in [0.25, 0.3) is 4.85 Å². The van der Waals surface area contributed by atoms with Crippen molar-refractivity contribution in [2.75, 3.05) is 19.7 Å². The minimum Gasteiger partial charge on any atom is -0.486 e. The van der Waals surface area contributed by atoms with Gasteiger partial charge in [-0.1, -0.05) is 0 Å². The molecule has 1 aromatic carbocycles. The van der Waals surface area contributed by atoms with Gasteiger partial charge >= 0.3 is 6.18 Å². The van der Waals surface area contributed by atoms with E-state index in [0.29, 0.717) is 22.6 Å². The van der Waals surface area contributed by atoms with Gasteiger partial charge in [-0.3, -0.25) is 0 Å². The van der Waals surface area contributed by atoms with Crippen molar-refractivity contribution in [3.8, 4) is 5.75 Å². The molecule has 31 heavy (non-hydrogen) atoms. The largest absolute Gasteiger partial charge is 0.486 e. The summed E-state index contributed by atoms with van der Waals surface area (Å²) in [5.74, 6) is -1.01. The number of aliphatic hydroxyl groups excluding tert-OH is 1. The molecule has 0 amide bonds. The Morgan fingerprint density at radius 3 is 2.55 bits per heavy atom. The third-order valence-corrected chi connectivity index (χ3v) is 6.41. The second-order valence-electron chi connectivity index (χ2n) is 6.77. The minimum atomic E-state index is -4.70. The SMILES string of the molecule is [C-]#[N+]c1ccc(O[C@H]2CN(S(=O)(=O)c3ccc(C(F)(F)F)cn3)C[C@@]2(O)CO)cc1F. The molecule has 2 N–H and O–H groups in total. The second-order valence-corrected chi connectivity index (χ2v) is 8.66. The number of halogens is 4. The molecule has 0 bridgehead atoms. The molecule has 2 atom stereocenters. The highest BCUT2D eigenvalue weighted by Gasteiger charge is 2.51. The van der Waals surface area contributed by atoms with Gasteiger partial charge in [0.25, 0.3) is 10.0 Å². The number of rotatable bonds is 5. The molecule has 3 rings (SSSR count). The number of aliphatic hydroxyl groups is 2. The normalized spacial score (nSPS) is 22.3. The molecule has 0 saturated carbocycles. The van der Waals surface area contributed by atoms with Crippen molar-refractivity contribution in [3.05, 3.63) is 59.3 Å². The fourth-order valence-corrected chi connectivity index (χ4v) is 4.37. The zero-order chi connectivity index (χ0) is 23.0. The average molecular weight is 461 g/mol. The number of sulfonamides is 1. The van der Waals surface area contributed by atoms with Crippen LogP contribution in [0.4, 0.5) is 23.2 Å². The summed E-state index contributed by atoms with van der Waals surface area (Å²) in [6.45, 7) is 4.79. The van der Waals surface area contributed by atoms with Crippen LogP contribution < -0.4 is 4.74 Å². The van der Waals surface area contributed by atoms with E-state index >= 15 is 0 Å². The lowest BCUT2D eigenvalue weighted by molar-refractivity contribution is -0.137. The van der Waals surface area contributed by atoms with Crippen LogP contribution >= 0.6 is 0 Å². The Morgan fingerprint density at radius 1 is 1.32 bits per heavy atom. The van der Waals surface area contributed by atoms with Gasteiger partial charge in [0, 0.05) is 18.8 Å². The lowest BCUT2D eigenvalue weighted by Gasteiger charge is -2.27. The molecule has 0 radical (unpaired) electrons. The zero-order valence-electron chi connectivity index (χ0n) is 15.5. The fourth-order valence-electron chi connectivity index (χ4n) is 2.96. The molecule has 0 spiro atoms. The summed E-state index contributed by atoms with van der Waals surface area (Å²) in [4.78, 5) is 6.31. The number of nitrogens with zero attached hydrogens (tertiary/aromatic N) is 3. The van der Waals surface area contributed by atoms with Crippen molar-refractivity contribution in [3.63, 3.8) is 0 Å². The molecule has 1 aliphatic heterocycles. The molecule has 0 aliphatic carbocycles. The molecular weight excluding hydrogens is 446 g/mol. The van der Waals surface area contributed by atoms with Crippen LogP contribution in [0.3, 0.4) is 0 Å². The molecular formula is C18H15F4N3O5S. The van der Waals surface area contributed by atoms with Crippen LogP contribution in [0.15, 0.2) is 41.6 Å². The molecule has 1 fully saturated rings. The summed E-state index contributed by atoms with van der Waals surface area (Å²) >= 11 is 0. The number of alkyl halides is 3. The summed E-state index contributed by atoms with van der Waals surface area (Å²) in [5, 5.41) is 19.5. The smallest absolute Gasteiger partial charge is 0.417 e. The van der Waals surface area contributed by atoms with Gasteiger partial charge in [-0.2, -0.15) is 17.5 Å². The number of β-amino-alcohol motifs (C(OH)–C–C–N with tert-alkyl or cyclic N) is 1. The van der Waals surface area contributed by atoms with Crippen molar-refractivity contribution in [1.82, 2.24) is 9.29 Å². The highest BCUT2D eigenvalue weighted by molar-refractivity contribution is 7.89. The molecule has 0 unspecified atom stereocenters. The van der Waals surface area contributed by atoms with Crippen molar-refractivity contribution in [2.24, 2.45) is 0 Å².